The minimum absolute atomic E-state index is 0.333. The van der Waals surface area contributed by atoms with Crippen molar-refractivity contribution < 1.29 is 23.8 Å². The van der Waals surface area contributed by atoms with Gasteiger partial charge >= 0.3 is 5.97 Å². The Labute approximate surface area is 148 Å². The molecule has 1 N–H and O–H groups in total. The Kier molecular flexibility index (Phi) is 8.25. The quantitative estimate of drug-likeness (QED) is 0.669. The summed E-state index contributed by atoms with van der Waals surface area (Å²) in [7, 11) is 4.29. The lowest BCUT2D eigenvalue weighted by atomic mass is 10.1. The van der Waals surface area contributed by atoms with Gasteiger partial charge in [-0.2, -0.15) is 11.8 Å². The van der Waals surface area contributed by atoms with Gasteiger partial charge in [-0.25, -0.2) is 4.79 Å². The summed E-state index contributed by atoms with van der Waals surface area (Å²) in [6, 6.07) is 2.45. The summed E-state index contributed by atoms with van der Waals surface area (Å²) in [5.41, 5.74) is 0.333. The molecule has 1 aromatic carbocycles. The van der Waals surface area contributed by atoms with Crippen LogP contribution in [0.4, 0.5) is 0 Å². The molecule has 0 aliphatic carbocycles. The minimum atomic E-state index is -0.694. The van der Waals surface area contributed by atoms with E-state index in [0.717, 1.165) is 5.75 Å². The number of hydrogen-bond donors (Lipinski definition) is 1. The maximum atomic E-state index is 12.4. The Morgan fingerprint density at radius 2 is 1.78 bits per heavy atom. The Morgan fingerprint density at radius 1 is 1.22 bits per heavy atom. The number of thioether (sulfide) groups is 1. The first-order chi connectivity index (χ1) is 11.0. The van der Waals surface area contributed by atoms with Gasteiger partial charge in [-0.1, -0.05) is 0 Å². The molecule has 128 valence electrons. The number of amides is 1. The summed E-state index contributed by atoms with van der Waals surface area (Å²) in [6.07, 6.45) is 2.42. The monoisotopic (exact) mass is 405 g/mol. The Bertz CT molecular complexity index is 542. The van der Waals surface area contributed by atoms with Gasteiger partial charge in [0.15, 0.2) is 0 Å². The molecule has 0 spiro atoms. The van der Waals surface area contributed by atoms with Crippen LogP contribution in [-0.2, 0) is 9.53 Å². The van der Waals surface area contributed by atoms with E-state index in [2.05, 4.69) is 21.2 Å². The molecular weight excluding hydrogens is 386 g/mol. The highest BCUT2D eigenvalue weighted by molar-refractivity contribution is 9.10. The van der Waals surface area contributed by atoms with Gasteiger partial charge in [0.1, 0.15) is 22.0 Å². The van der Waals surface area contributed by atoms with Gasteiger partial charge in [-0.15, -0.1) is 0 Å². The number of hydrogen-bond acceptors (Lipinski definition) is 6. The molecule has 0 unspecified atom stereocenters. The third-order valence-corrected chi connectivity index (χ3v) is 4.54. The maximum Gasteiger partial charge on any atom is 0.328 e. The first-order valence-corrected chi connectivity index (χ1v) is 8.96. The van der Waals surface area contributed by atoms with Crippen molar-refractivity contribution in [3.8, 4) is 11.5 Å². The number of benzene rings is 1. The van der Waals surface area contributed by atoms with Crippen LogP contribution in [0.15, 0.2) is 16.6 Å². The normalized spacial score (nSPS) is 11.5. The van der Waals surface area contributed by atoms with Crippen LogP contribution in [0.25, 0.3) is 0 Å². The molecular formula is C15H20BrNO5S. The third kappa shape index (κ3) is 5.31. The molecule has 0 bridgehead atoms. The Hall–Kier alpha value is -1.41. The van der Waals surface area contributed by atoms with Crippen LogP contribution in [0.3, 0.4) is 0 Å². The first-order valence-electron chi connectivity index (χ1n) is 6.77. The van der Waals surface area contributed by atoms with Gasteiger partial charge in [0.05, 0.1) is 21.3 Å². The van der Waals surface area contributed by atoms with E-state index in [1.807, 2.05) is 6.26 Å². The molecule has 0 aromatic heterocycles. The van der Waals surface area contributed by atoms with Crippen molar-refractivity contribution in [3.05, 3.63) is 22.2 Å². The number of halogens is 1. The van der Waals surface area contributed by atoms with Crippen LogP contribution in [0.1, 0.15) is 16.8 Å². The zero-order valence-electron chi connectivity index (χ0n) is 13.5. The van der Waals surface area contributed by atoms with Crippen molar-refractivity contribution >= 4 is 39.6 Å². The summed E-state index contributed by atoms with van der Waals surface area (Å²) in [5, 5.41) is 2.69. The topological polar surface area (TPSA) is 73.9 Å². The largest absolute Gasteiger partial charge is 0.495 e. The molecule has 1 atom stereocenters. The molecule has 0 aliphatic rings. The van der Waals surface area contributed by atoms with Crippen LogP contribution >= 0.6 is 27.7 Å². The van der Waals surface area contributed by atoms with Crippen molar-refractivity contribution in [2.75, 3.05) is 33.3 Å². The maximum absolute atomic E-state index is 12.4. The lowest BCUT2D eigenvalue weighted by Crippen LogP contribution is -2.42. The average Bonchev–Trinajstić information content (AvgIpc) is 2.57. The molecule has 1 aromatic rings. The molecule has 0 saturated heterocycles. The summed E-state index contributed by atoms with van der Waals surface area (Å²) in [6.45, 7) is 0. The van der Waals surface area contributed by atoms with Crippen LogP contribution in [0.5, 0.6) is 11.5 Å². The van der Waals surface area contributed by atoms with Crippen molar-refractivity contribution in [2.24, 2.45) is 0 Å². The summed E-state index contributed by atoms with van der Waals surface area (Å²) < 4.78 is 15.8. The van der Waals surface area contributed by atoms with E-state index in [9.17, 15) is 9.59 Å². The van der Waals surface area contributed by atoms with Crippen molar-refractivity contribution in [3.63, 3.8) is 0 Å². The molecule has 0 saturated carbocycles. The molecule has 8 heteroatoms. The van der Waals surface area contributed by atoms with Crippen LogP contribution < -0.4 is 14.8 Å². The molecule has 6 nitrogen and oxygen atoms in total. The second-order valence-electron chi connectivity index (χ2n) is 4.53. The summed E-state index contributed by atoms with van der Waals surface area (Å²) >= 11 is 4.94. The van der Waals surface area contributed by atoms with Gasteiger partial charge in [0, 0.05) is 5.56 Å². The number of carbonyl (C=O) groups is 2. The van der Waals surface area contributed by atoms with Crippen molar-refractivity contribution in [1.29, 1.82) is 0 Å². The van der Waals surface area contributed by atoms with E-state index in [-0.39, 0.29) is 0 Å². The molecule has 1 rings (SSSR count). The zero-order valence-corrected chi connectivity index (χ0v) is 15.9. The standard InChI is InChI=1S/C15H20BrNO5S/c1-20-11-7-9(8-12(21-2)13(11)16)14(18)17-10(5-6-23-4)15(19)22-3/h7-8,10H,5-6H2,1-4H3,(H,17,18)/t10-/m1/s1. The van der Waals surface area contributed by atoms with Crippen LogP contribution in [0.2, 0.25) is 0 Å². The molecule has 0 aliphatic heterocycles. The Balaban J connectivity index is 3.00. The van der Waals surface area contributed by atoms with E-state index in [0.29, 0.717) is 28.0 Å². The van der Waals surface area contributed by atoms with Gasteiger partial charge in [-0.3, -0.25) is 4.79 Å². The van der Waals surface area contributed by atoms with E-state index in [4.69, 9.17) is 14.2 Å². The fourth-order valence-electron chi connectivity index (χ4n) is 1.87. The van der Waals surface area contributed by atoms with Crippen molar-refractivity contribution in [2.45, 2.75) is 12.5 Å². The van der Waals surface area contributed by atoms with E-state index < -0.39 is 17.9 Å². The molecule has 23 heavy (non-hydrogen) atoms. The number of ether oxygens (including phenoxy) is 3. The molecule has 0 radical (unpaired) electrons. The smallest absolute Gasteiger partial charge is 0.328 e. The van der Waals surface area contributed by atoms with E-state index in [1.54, 1.807) is 23.9 Å². The number of carbonyl (C=O) groups excluding carboxylic acids is 2. The minimum Gasteiger partial charge on any atom is -0.495 e. The number of rotatable bonds is 8. The average molecular weight is 406 g/mol. The van der Waals surface area contributed by atoms with E-state index >= 15 is 0 Å². The van der Waals surface area contributed by atoms with Crippen LogP contribution in [0, 0.1) is 0 Å². The van der Waals surface area contributed by atoms with Gasteiger partial charge in [-0.05, 0) is 46.5 Å². The highest BCUT2D eigenvalue weighted by atomic mass is 79.9. The van der Waals surface area contributed by atoms with Crippen LogP contribution in [-0.4, -0.2) is 51.3 Å². The van der Waals surface area contributed by atoms with E-state index in [1.165, 1.54) is 21.3 Å². The lowest BCUT2D eigenvalue weighted by molar-refractivity contribution is -0.142. The number of esters is 1. The summed E-state index contributed by atoms with van der Waals surface area (Å²) in [5.74, 6) is 0.794. The predicted octanol–water partition coefficient (Wildman–Crippen LogP) is 2.49. The fourth-order valence-corrected chi connectivity index (χ4v) is 2.89. The molecule has 1 amide bonds. The summed E-state index contributed by atoms with van der Waals surface area (Å²) in [4.78, 5) is 24.2. The fraction of sp³-hybridized carbons (Fsp3) is 0.467. The first kappa shape index (κ1) is 19.6. The Morgan fingerprint density at radius 3 is 2.22 bits per heavy atom. The second kappa shape index (κ2) is 9.67. The highest BCUT2D eigenvalue weighted by Crippen LogP contribution is 2.35. The lowest BCUT2D eigenvalue weighted by Gasteiger charge is -2.17. The second-order valence-corrected chi connectivity index (χ2v) is 6.30. The third-order valence-electron chi connectivity index (χ3n) is 3.11. The predicted molar refractivity (Wildman–Crippen MR) is 93.5 cm³/mol. The molecule has 0 fully saturated rings. The number of nitrogens with one attached hydrogen (secondary N) is 1. The molecule has 0 heterocycles. The highest BCUT2D eigenvalue weighted by Gasteiger charge is 2.23. The number of methoxy groups -OCH3 is 3. The van der Waals surface area contributed by atoms with Gasteiger partial charge < -0.3 is 19.5 Å². The zero-order chi connectivity index (χ0) is 17.4. The SMILES string of the molecule is COC(=O)[C@@H](CCSC)NC(=O)c1cc(OC)c(Br)c(OC)c1. The van der Waals surface area contributed by atoms with Gasteiger partial charge in [0.2, 0.25) is 0 Å². The van der Waals surface area contributed by atoms with Crippen molar-refractivity contribution in [1.82, 2.24) is 5.32 Å². The van der Waals surface area contributed by atoms with Gasteiger partial charge in [0.25, 0.3) is 5.91 Å².